The Hall–Kier alpha value is -8.64. The number of nitrogens with zero attached hydrogens (tertiary/aromatic N) is 5. The van der Waals surface area contributed by atoms with E-state index in [0.717, 1.165) is 28.1 Å². The van der Waals surface area contributed by atoms with Crippen LogP contribution in [0.15, 0.2) is 83.5 Å². The molecule has 1 aromatic heterocycles. The molecule has 24 nitrogen and oxygen atoms in total. The summed E-state index contributed by atoms with van der Waals surface area (Å²) in [7, 11) is 0. The fourth-order valence-electron chi connectivity index (χ4n) is 9.38. The highest BCUT2D eigenvalue weighted by atomic mass is 16.5. The molecule has 7 rings (SSSR count). The lowest BCUT2D eigenvalue weighted by Crippen LogP contribution is -2.52. The predicted molar refractivity (Wildman–Crippen MR) is 292 cm³/mol. The maximum absolute atomic E-state index is 14.0. The second kappa shape index (κ2) is 28.3. The summed E-state index contributed by atoms with van der Waals surface area (Å²) in [6, 6.07) is 15.0. The summed E-state index contributed by atoms with van der Waals surface area (Å²) >= 11 is 0. The van der Waals surface area contributed by atoms with Gasteiger partial charge in [0.1, 0.15) is 25.2 Å². The molecule has 9 N–H and O–H groups in total. The van der Waals surface area contributed by atoms with E-state index in [9.17, 15) is 53.1 Å². The molecule has 1 fully saturated rings. The van der Waals surface area contributed by atoms with Gasteiger partial charge in [0.15, 0.2) is 0 Å². The van der Waals surface area contributed by atoms with Crippen LogP contribution in [-0.4, -0.2) is 161 Å². The maximum Gasteiger partial charge on any atom is 0.253 e. The van der Waals surface area contributed by atoms with Gasteiger partial charge in [0.25, 0.3) is 11.8 Å². The summed E-state index contributed by atoms with van der Waals surface area (Å²) in [5, 5.41) is 25.0. The van der Waals surface area contributed by atoms with Crippen molar-refractivity contribution >= 4 is 82.4 Å². The number of benzene rings is 2. The predicted octanol–water partition coefficient (Wildman–Crippen LogP) is 0.295. The number of unbranched alkanes of at least 4 members (excludes halogenated alkanes) is 2. The number of aliphatic imine (C=N–C) groups is 1. The van der Waals surface area contributed by atoms with Gasteiger partial charge in [0, 0.05) is 87.4 Å². The summed E-state index contributed by atoms with van der Waals surface area (Å²) in [5.74, 6) is -4.29. The molecular weight excluding hydrogens is 1030 g/mol. The van der Waals surface area contributed by atoms with E-state index in [1.165, 1.54) is 12.2 Å². The Morgan fingerprint density at radius 3 is 2.31 bits per heavy atom. The van der Waals surface area contributed by atoms with Gasteiger partial charge >= 0.3 is 0 Å². The third-order valence-corrected chi connectivity index (χ3v) is 13.8. The van der Waals surface area contributed by atoms with Crippen molar-refractivity contribution < 1.29 is 57.8 Å². The first-order valence-corrected chi connectivity index (χ1v) is 26.7. The molecule has 0 radical (unpaired) electrons. The quantitative estimate of drug-likeness (QED) is 0.0276. The van der Waals surface area contributed by atoms with Crippen molar-refractivity contribution in [1.82, 2.24) is 46.3 Å². The van der Waals surface area contributed by atoms with E-state index in [2.05, 4.69) is 41.9 Å². The Kier molecular flexibility index (Phi) is 20.9. The fraction of sp³-hybridized carbons (Fsp3) is 0.429. The van der Waals surface area contributed by atoms with E-state index in [0.29, 0.717) is 79.7 Å². The highest BCUT2D eigenvalue weighted by Crippen LogP contribution is 2.50. The average Bonchev–Trinajstić information content (AvgIpc) is 4.32. The number of ether oxygens (including phenoxy) is 1. The minimum absolute atomic E-state index is 0.0611. The first-order valence-electron chi connectivity index (χ1n) is 26.7. The lowest BCUT2D eigenvalue weighted by Gasteiger charge is -2.28. The number of fused-ring (bicyclic) bond motifs is 2. The number of amides is 10. The Morgan fingerprint density at radius 2 is 1.57 bits per heavy atom. The molecule has 1 saturated carbocycles. The lowest BCUT2D eigenvalue weighted by molar-refractivity contribution is -0.138. The number of pyridine rings is 1. The van der Waals surface area contributed by atoms with Crippen LogP contribution >= 0.6 is 0 Å². The number of rotatable bonds is 28. The van der Waals surface area contributed by atoms with Crippen molar-refractivity contribution in [1.29, 1.82) is 0 Å². The van der Waals surface area contributed by atoms with Gasteiger partial charge in [-0.3, -0.25) is 57.8 Å². The molecule has 10 amide bonds. The van der Waals surface area contributed by atoms with Crippen LogP contribution in [-0.2, 0) is 77.5 Å². The summed E-state index contributed by atoms with van der Waals surface area (Å²) in [5.41, 5.74) is 10.7. The zero-order valence-corrected chi connectivity index (χ0v) is 44.7. The second-order valence-electron chi connectivity index (χ2n) is 19.8. The molecule has 0 bridgehead atoms. The van der Waals surface area contributed by atoms with Crippen LogP contribution < -0.4 is 37.6 Å². The van der Waals surface area contributed by atoms with Crippen molar-refractivity contribution in [3.63, 3.8) is 0 Å². The molecular formula is C56H68N12O12. The zero-order chi connectivity index (χ0) is 57.2. The molecule has 1 aliphatic carbocycles. The Labute approximate surface area is 462 Å². The van der Waals surface area contributed by atoms with Crippen LogP contribution in [0, 0.1) is 0 Å². The highest BCUT2D eigenvalue weighted by Gasteiger charge is 2.51. The van der Waals surface area contributed by atoms with Crippen molar-refractivity contribution in [3.05, 3.63) is 106 Å². The number of imide groups is 1. The molecule has 0 unspecified atom stereocenters. The van der Waals surface area contributed by atoms with E-state index >= 15 is 0 Å². The average molecular weight is 1100 g/mol. The highest BCUT2D eigenvalue weighted by molar-refractivity contribution is 6.13. The number of hydrogen-bond acceptors (Lipinski definition) is 15. The molecule has 4 heterocycles. The zero-order valence-electron chi connectivity index (χ0n) is 44.7. The van der Waals surface area contributed by atoms with Gasteiger partial charge in [-0.15, -0.1) is 0 Å². The lowest BCUT2D eigenvalue weighted by atomic mass is 9.92. The topological polar surface area (TPSA) is 333 Å². The van der Waals surface area contributed by atoms with Crippen molar-refractivity contribution in [2.45, 2.75) is 89.1 Å². The van der Waals surface area contributed by atoms with E-state index in [-0.39, 0.29) is 94.2 Å². The summed E-state index contributed by atoms with van der Waals surface area (Å²) in [4.78, 5) is 141. The summed E-state index contributed by atoms with van der Waals surface area (Å²) < 4.78 is 5.48. The van der Waals surface area contributed by atoms with Gasteiger partial charge in [0.2, 0.25) is 47.3 Å². The van der Waals surface area contributed by atoms with Crippen LogP contribution in [0.25, 0.3) is 6.08 Å². The second-order valence-corrected chi connectivity index (χ2v) is 19.8. The Bertz CT molecular complexity index is 2920. The third kappa shape index (κ3) is 16.5. The SMILES string of the molecule is CCCN(CCO)C(=O)C1=Cc2ccc(C3(C(=O)Nc4cnc5c(c4)CN(C(=O)COCNC(=O)CNC(=O)[C@H](Cc4ccccc4)NC(=O)CNC(=O)CNC(=O)CCCCCN4C(=O)C=CC4=O)CC5)CC3)cc2N=C(N)C1. The number of nitrogens with one attached hydrogen (secondary N) is 6. The molecule has 1 atom stereocenters. The van der Waals surface area contributed by atoms with Gasteiger partial charge in [-0.1, -0.05) is 55.8 Å². The summed E-state index contributed by atoms with van der Waals surface area (Å²) in [6.45, 7) is 1.25. The largest absolute Gasteiger partial charge is 0.395 e. The number of carbonyl (C=O) groups is 10. The third-order valence-electron chi connectivity index (χ3n) is 13.8. The Morgan fingerprint density at radius 1 is 0.850 bits per heavy atom. The van der Waals surface area contributed by atoms with Crippen LogP contribution in [0.3, 0.4) is 0 Å². The molecule has 0 spiro atoms. The number of amidine groups is 1. The van der Waals surface area contributed by atoms with E-state index < -0.39 is 60.6 Å². The number of nitrogens with two attached hydrogens (primary N) is 1. The van der Waals surface area contributed by atoms with Crippen LogP contribution in [0.5, 0.6) is 0 Å². The van der Waals surface area contributed by atoms with Crippen LogP contribution in [0.2, 0.25) is 0 Å². The van der Waals surface area contributed by atoms with Crippen molar-refractivity contribution in [3.8, 4) is 0 Å². The molecule has 3 aliphatic heterocycles. The number of aliphatic hydroxyl groups excluding tert-OH is 1. The summed E-state index contributed by atoms with van der Waals surface area (Å²) in [6.07, 6.45) is 10.1. The van der Waals surface area contributed by atoms with Crippen LogP contribution in [0.1, 0.15) is 86.2 Å². The standard InChI is InChI=1S/C56H68N12O12/c1-2-19-66(22-23-69)54(78)38-25-37-12-13-40(28-43(37)64-45(57)27-38)56(17-18-56)55(79)63-41-26-39-33-67(21-16-42(39)58-29-41)52(76)34-80-35-62-48(72)31-61-53(77)44(24-36-9-5-3-6-10-36)65-49(73)32-60-47(71)30-59-46(70)11-7-4-8-20-68-50(74)14-15-51(68)75/h3,5-6,9-10,12-15,25-26,28-29,44,69H,2,4,7-8,11,16-24,27,30-35H2,1H3,(H2,57,64)(H,59,70)(H,60,71)(H,61,77)(H,62,72)(H,63,79)(H,65,73)/t44-/m0/s1. The monoisotopic (exact) mass is 1100 g/mol. The minimum Gasteiger partial charge on any atom is -0.395 e. The first kappa shape index (κ1) is 59.0. The molecule has 80 heavy (non-hydrogen) atoms. The van der Waals surface area contributed by atoms with Crippen LogP contribution in [0.4, 0.5) is 11.4 Å². The van der Waals surface area contributed by atoms with E-state index in [4.69, 9.17) is 10.5 Å². The van der Waals surface area contributed by atoms with Crippen molar-refractivity contribution in [2.24, 2.45) is 10.7 Å². The number of hydrogen-bond donors (Lipinski definition) is 8. The molecule has 24 heteroatoms. The van der Waals surface area contributed by atoms with Gasteiger partial charge in [-0.05, 0) is 67.0 Å². The number of aliphatic hydroxyl groups is 1. The van der Waals surface area contributed by atoms with Gasteiger partial charge in [-0.25, -0.2) is 4.99 Å². The molecule has 3 aromatic rings. The Balaban J connectivity index is 0.813. The molecule has 2 aromatic carbocycles. The number of carbonyl (C=O) groups excluding carboxylic acids is 10. The molecule has 424 valence electrons. The minimum atomic E-state index is -1.14. The molecule has 4 aliphatic rings. The number of aromatic nitrogens is 1. The fourth-order valence-corrected chi connectivity index (χ4v) is 9.38. The van der Waals surface area contributed by atoms with Gasteiger partial charge in [-0.2, -0.15) is 0 Å². The normalized spacial score (nSPS) is 15.2. The van der Waals surface area contributed by atoms with Gasteiger partial charge in [0.05, 0.1) is 49.2 Å². The van der Waals surface area contributed by atoms with Gasteiger partial charge < -0.3 is 57.3 Å². The first-order chi connectivity index (χ1) is 38.5. The smallest absolute Gasteiger partial charge is 0.253 e. The van der Waals surface area contributed by atoms with Crippen molar-refractivity contribution in [2.75, 3.05) is 71.1 Å². The van der Waals surface area contributed by atoms with E-state index in [1.807, 2.05) is 25.1 Å². The van der Waals surface area contributed by atoms with E-state index in [1.54, 1.807) is 58.5 Å². The molecule has 0 saturated heterocycles. The maximum atomic E-state index is 14.0. The number of anilines is 1.